The molecule has 10 rings (SSSR count). The maximum Gasteiger partial charge on any atom is 0.159 e. The van der Waals surface area contributed by atoms with Crippen molar-refractivity contribution >= 4 is 60.6 Å². The van der Waals surface area contributed by atoms with Crippen LogP contribution in [0, 0.1) is 0 Å². The maximum absolute atomic E-state index is 6.63. The number of rotatable bonds is 5. The van der Waals surface area contributed by atoms with Crippen molar-refractivity contribution in [3.05, 3.63) is 169 Å². The highest BCUT2D eigenvalue weighted by Gasteiger charge is 2.36. The molecule has 238 valence electrons. The van der Waals surface area contributed by atoms with Gasteiger partial charge in [0.1, 0.15) is 10.6 Å². The highest BCUT2D eigenvalue weighted by molar-refractivity contribution is 7.21. The Bertz CT molecular complexity index is 2740. The zero-order chi connectivity index (χ0) is 33.4. The highest BCUT2D eigenvalue weighted by Crippen LogP contribution is 2.51. The van der Waals surface area contributed by atoms with Crippen molar-refractivity contribution in [1.82, 2.24) is 4.98 Å². The van der Waals surface area contributed by atoms with Crippen molar-refractivity contribution in [1.29, 1.82) is 0 Å². The number of furan rings is 1. The van der Waals surface area contributed by atoms with Crippen LogP contribution in [0.25, 0.3) is 65.0 Å². The summed E-state index contributed by atoms with van der Waals surface area (Å²) in [5, 5.41) is 3.24. The third kappa shape index (κ3) is 4.45. The molecule has 3 nitrogen and oxygen atoms in total. The standard InChI is InChI=1S/C46H32N2OS/c1-46(2)38-16-8-6-13-34(38)35-25-23-32(27-39(35)46)48(41-17-10-15-37-36-14-7-9-18-42(36)49-44(37)41)33-24-26-40-43(28-33)50-45(47-40)31-21-19-30(20-22-31)29-11-4-3-5-12-29/h3-28H,1-2H3. The number of nitrogens with zero attached hydrogens (tertiary/aromatic N) is 2. The van der Waals surface area contributed by atoms with Gasteiger partial charge >= 0.3 is 0 Å². The van der Waals surface area contributed by atoms with E-state index in [1.165, 1.54) is 33.4 Å². The first-order valence-corrected chi connectivity index (χ1v) is 17.9. The Morgan fingerprint density at radius 1 is 0.560 bits per heavy atom. The molecule has 50 heavy (non-hydrogen) atoms. The van der Waals surface area contributed by atoms with E-state index < -0.39 is 0 Å². The maximum atomic E-state index is 6.63. The molecule has 4 heteroatoms. The van der Waals surface area contributed by atoms with Gasteiger partial charge < -0.3 is 9.32 Å². The van der Waals surface area contributed by atoms with Crippen LogP contribution in [0.2, 0.25) is 0 Å². The molecule has 2 aromatic heterocycles. The second kappa shape index (κ2) is 11.0. The number of fused-ring (bicyclic) bond motifs is 7. The molecule has 0 spiro atoms. The normalized spacial score (nSPS) is 13.2. The van der Waals surface area contributed by atoms with Gasteiger partial charge in [-0.05, 0) is 75.8 Å². The van der Waals surface area contributed by atoms with Crippen molar-refractivity contribution in [3.8, 4) is 32.8 Å². The number of hydrogen-bond acceptors (Lipinski definition) is 4. The van der Waals surface area contributed by atoms with Gasteiger partial charge in [0.05, 0.1) is 15.9 Å². The quantitative estimate of drug-likeness (QED) is 0.184. The van der Waals surface area contributed by atoms with E-state index in [1.54, 1.807) is 11.3 Å². The van der Waals surface area contributed by atoms with Crippen LogP contribution in [-0.4, -0.2) is 4.98 Å². The smallest absolute Gasteiger partial charge is 0.159 e. The van der Waals surface area contributed by atoms with Gasteiger partial charge in [0.2, 0.25) is 0 Å². The van der Waals surface area contributed by atoms with Crippen LogP contribution in [0.3, 0.4) is 0 Å². The molecule has 9 aromatic rings. The molecular formula is C46H32N2OS. The molecule has 0 fully saturated rings. The lowest BCUT2D eigenvalue weighted by Gasteiger charge is -2.28. The minimum atomic E-state index is -0.119. The second-order valence-corrected chi connectivity index (χ2v) is 14.6. The summed E-state index contributed by atoms with van der Waals surface area (Å²) in [4.78, 5) is 7.44. The summed E-state index contributed by atoms with van der Waals surface area (Å²) in [6, 6.07) is 56.4. The number of anilines is 3. The van der Waals surface area contributed by atoms with Gasteiger partial charge in [-0.2, -0.15) is 0 Å². The van der Waals surface area contributed by atoms with Crippen molar-refractivity contribution in [2.75, 3.05) is 4.90 Å². The molecule has 0 N–H and O–H groups in total. The lowest BCUT2D eigenvalue weighted by atomic mass is 9.82. The summed E-state index contributed by atoms with van der Waals surface area (Å²) in [5.74, 6) is 0. The zero-order valence-corrected chi connectivity index (χ0v) is 28.5. The summed E-state index contributed by atoms with van der Waals surface area (Å²) in [5.41, 5.74) is 14.7. The largest absolute Gasteiger partial charge is 0.454 e. The van der Waals surface area contributed by atoms with Crippen molar-refractivity contribution in [3.63, 3.8) is 0 Å². The molecule has 0 unspecified atom stereocenters. The Labute approximate surface area is 294 Å². The molecule has 1 aliphatic carbocycles. The summed E-state index contributed by atoms with van der Waals surface area (Å²) in [6.07, 6.45) is 0. The van der Waals surface area contributed by atoms with Gasteiger partial charge in [-0.1, -0.05) is 129 Å². The Morgan fingerprint density at radius 2 is 1.24 bits per heavy atom. The average Bonchev–Trinajstić information content (AvgIpc) is 3.83. The van der Waals surface area contributed by atoms with Crippen molar-refractivity contribution in [2.24, 2.45) is 0 Å². The molecule has 1 aliphatic rings. The van der Waals surface area contributed by atoms with E-state index in [1.807, 2.05) is 6.07 Å². The molecule has 0 aliphatic heterocycles. The minimum Gasteiger partial charge on any atom is -0.454 e. The van der Waals surface area contributed by atoms with Gasteiger partial charge in [-0.15, -0.1) is 11.3 Å². The minimum absolute atomic E-state index is 0.119. The summed E-state index contributed by atoms with van der Waals surface area (Å²) in [6.45, 7) is 4.67. The van der Waals surface area contributed by atoms with E-state index >= 15 is 0 Å². The van der Waals surface area contributed by atoms with Crippen LogP contribution in [0.4, 0.5) is 17.1 Å². The number of benzene rings is 7. The number of hydrogen-bond donors (Lipinski definition) is 0. The first-order chi connectivity index (χ1) is 24.5. The second-order valence-electron chi connectivity index (χ2n) is 13.6. The fourth-order valence-electron chi connectivity index (χ4n) is 7.78. The van der Waals surface area contributed by atoms with Gasteiger partial charge in [0.25, 0.3) is 0 Å². The summed E-state index contributed by atoms with van der Waals surface area (Å²) in [7, 11) is 0. The van der Waals surface area contributed by atoms with E-state index in [-0.39, 0.29) is 5.41 Å². The van der Waals surface area contributed by atoms with Gasteiger partial charge in [-0.3, -0.25) is 0 Å². The van der Waals surface area contributed by atoms with Crippen molar-refractivity contribution < 1.29 is 4.42 Å². The van der Waals surface area contributed by atoms with Crippen LogP contribution >= 0.6 is 11.3 Å². The average molecular weight is 661 g/mol. The molecule has 0 saturated carbocycles. The topological polar surface area (TPSA) is 29.3 Å². The molecule has 0 radical (unpaired) electrons. The molecule has 0 saturated heterocycles. The first kappa shape index (κ1) is 29.0. The van der Waals surface area contributed by atoms with E-state index in [2.05, 4.69) is 170 Å². The Morgan fingerprint density at radius 3 is 2.12 bits per heavy atom. The lowest BCUT2D eigenvalue weighted by molar-refractivity contribution is 0.660. The van der Waals surface area contributed by atoms with Gasteiger partial charge in [0, 0.05) is 33.1 Å². The Hall–Kier alpha value is -5.97. The van der Waals surface area contributed by atoms with E-state index in [4.69, 9.17) is 9.40 Å². The van der Waals surface area contributed by atoms with E-state index in [0.29, 0.717) is 0 Å². The summed E-state index contributed by atoms with van der Waals surface area (Å²) < 4.78 is 7.77. The van der Waals surface area contributed by atoms with Crippen molar-refractivity contribution in [2.45, 2.75) is 19.3 Å². The van der Waals surface area contributed by atoms with Crippen LogP contribution in [0.15, 0.2) is 162 Å². The van der Waals surface area contributed by atoms with E-state index in [9.17, 15) is 0 Å². The first-order valence-electron chi connectivity index (χ1n) is 17.0. The molecule has 0 bridgehead atoms. The zero-order valence-electron chi connectivity index (χ0n) is 27.7. The molecule has 0 atom stereocenters. The van der Waals surface area contributed by atoms with E-state index in [0.717, 1.165) is 59.8 Å². The fraction of sp³-hybridized carbons (Fsp3) is 0.0652. The third-order valence-electron chi connectivity index (χ3n) is 10.3. The Balaban J connectivity index is 1.13. The number of aromatic nitrogens is 1. The number of para-hydroxylation sites is 2. The van der Waals surface area contributed by atoms with Crippen LogP contribution < -0.4 is 4.90 Å². The summed E-state index contributed by atoms with van der Waals surface area (Å²) >= 11 is 1.73. The molecule has 7 aromatic carbocycles. The predicted molar refractivity (Wildman–Crippen MR) is 210 cm³/mol. The third-order valence-corrected chi connectivity index (χ3v) is 11.4. The monoisotopic (exact) mass is 660 g/mol. The lowest BCUT2D eigenvalue weighted by Crippen LogP contribution is -2.16. The van der Waals surface area contributed by atoms with Gasteiger partial charge in [-0.25, -0.2) is 4.98 Å². The Kier molecular flexibility index (Phi) is 6.39. The molecular weight excluding hydrogens is 629 g/mol. The van der Waals surface area contributed by atoms with Crippen LogP contribution in [0.5, 0.6) is 0 Å². The number of thiazole rings is 1. The van der Waals surface area contributed by atoms with Crippen LogP contribution in [-0.2, 0) is 5.41 Å². The fourth-order valence-corrected chi connectivity index (χ4v) is 8.78. The molecule has 2 heterocycles. The van der Waals surface area contributed by atoms with Gasteiger partial charge in [0.15, 0.2) is 5.58 Å². The highest BCUT2D eigenvalue weighted by atomic mass is 32.1. The molecule has 0 amide bonds. The predicted octanol–water partition coefficient (Wildman–Crippen LogP) is 13.3. The van der Waals surface area contributed by atoms with Crippen LogP contribution in [0.1, 0.15) is 25.0 Å². The SMILES string of the molecule is CC1(C)c2ccccc2-c2ccc(N(c3ccc4nc(-c5ccc(-c6ccccc6)cc5)sc4c3)c3cccc4c3oc3ccccc34)cc21.